The summed E-state index contributed by atoms with van der Waals surface area (Å²) in [4.78, 5) is 38.0. The lowest BCUT2D eigenvalue weighted by atomic mass is 9.92. The quantitative estimate of drug-likeness (QED) is 0.851. The van der Waals surface area contributed by atoms with Gasteiger partial charge in [0.1, 0.15) is 6.04 Å². The fourth-order valence-electron chi connectivity index (χ4n) is 2.82. The zero-order valence-corrected chi connectivity index (χ0v) is 14.6. The van der Waals surface area contributed by atoms with Crippen molar-refractivity contribution in [2.24, 2.45) is 5.41 Å². The second-order valence-corrected chi connectivity index (χ2v) is 7.15. The van der Waals surface area contributed by atoms with Crippen LogP contribution in [0.15, 0.2) is 24.3 Å². The van der Waals surface area contributed by atoms with Gasteiger partial charge in [0.05, 0.1) is 13.7 Å². The van der Waals surface area contributed by atoms with Crippen LogP contribution in [0.4, 0.5) is 5.69 Å². The lowest BCUT2D eigenvalue weighted by Gasteiger charge is -2.24. The summed E-state index contributed by atoms with van der Waals surface area (Å²) < 4.78 is 4.82. The number of carbonyl (C=O) groups is 3. The average molecular weight is 332 g/mol. The van der Waals surface area contributed by atoms with E-state index in [0.29, 0.717) is 18.5 Å². The first kappa shape index (κ1) is 18.0. The molecule has 1 N–H and O–H groups in total. The van der Waals surface area contributed by atoms with Crippen LogP contribution >= 0.6 is 0 Å². The normalized spacial score (nSPS) is 16.5. The van der Waals surface area contributed by atoms with E-state index in [1.54, 1.807) is 6.07 Å². The molecule has 1 heterocycles. The highest BCUT2D eigenvalue weighted by molar-refractivity contribution is 6.04. The topological polar surface area (TPSA) is 75.7 Å². The van der Waals surface area contributed by atoms with Crippen LogP contribution in [0.3, 0.4) is 0 Å². The zero-order valence-electron chi connectivity index (χ0n) is 14.6. The number of benzene rings is 1. The van der Waals surface area contributed by atoms with Gasteiger partial charge in [0.15, 0.2) is 0 Å². The highest BCUT2D eigenvalue weighted by Crippen LogP contribution is 2.32. The van der Waals surface area contributed by atoms with Crippen molar-refractivity contribution in [2.75, 3.05) is 18.6 Å². The number of carbonyl (C=O) groups excluding carboxylic acids is 3. The molecule has 6 heteroatoms. The lowest BCUT2D eigenvalue weighted by Crippen LogP contribution is -2.48. The molecule has 0 bridgehead atoms. The molecule has 1 aromatic rings. The van der Waals surface area contributed by atoms with Crippen molar-refractivity contribution in [3.05, 3.63) is 29.8 Å². The monoisotopic (exact) mass is 332 g/mol. The third-order valence-electron chi connectivity index (χ3n) is 3.85. The Balaban J connectivity index is 2.10. The summed E-state index contributed by atoms with van der Waals surface area (Å²) in [7, 11) is 1.30. The average Bonchev–Trinajstić information content (AvgIpc) is 2.89. The Morgan fingerprint density at radius 1 is 1.25 bits per heavy atom. The molecule has 2 amide bonds. The van der Waals surface area contributed by atoms with Crippen molar-refractivity contribution in [2.45, 2.75) is 39.7 Å². The van der Waals surface area contributed by atoms with Crippen LogP contribution in [-0.2, 0) is 25.5 Å². The van der Waals surface area contributed by atoms with E-state index in [1.165, 1.54) is 12.0 Å². The predicted octanol–water partition coefficient (Wildman–Crippen LogP) is 1.67. The van der Waals surface area contributed by atoms with Crippen molar-refractivity contribution in [1.82, 2.24) is 5.32 Å². The zero-order chi connectivity index (χ0) is 17.9. The van der Waals surface area contributed by atoms with Gasteiger partial charge in [-0.15, -0.1) is 0 Å². The number of nitrogens with one attached hydrogen (secondary N) is 1. The van der Waals surface area contributed by atoms with Gasteiger partial charge in [-0.25, -0.2) is 4.79 Å². The third kappa shape index (κ3) is 4.13. The summed E-state index contributed by atoms with van der Waals surface area (Å²) in [6.07, 6.45) is 0.752. The van der Waals surface area contributed by atoms with Gasteiger partial charge in [-0.05, 0) is 17.0 Å². The van der Waals surface area contributed by atoms with Gasteiger partial charge in [0.25, 0.3) is 0 Å². The van der Waals surface area contributed by atoms with Gasteiger partial charge in [0, 0.05) is 18.5 Å². The SMILES string of the molecule is COC(=O)[C@H]1Cc2ccccc2N1C(=O)CNC(=O)CC(C)(C)C. The Kier molecular flexibility index (Phi) is 5.26. The van der Waals surface area contributed by atoms with Crippen molar-refractivity contribution >= 4 is 23.5 Å². The van der Waals surface area contributed by atoms with Gasteiger partial charge in [-0.1, -0.05) is 39.0 Å². The number of amides is 2. The largest absolute Gasteiger partial charge is 0.467 e. The summed E-state index contributed by atoms with van der Waals surface area (Å²) in [6.45, 7) is 5.73. The molecule has 0 radical (unpaired) electrons. The van der Waals surface area contributed by atoms with E-state index in [9.17, 15) is 14.4 Å². The number of esters is 1. The maximum Gasteiger partial charge on any atom is 0.329 e. The van der Waals surface area contributed by atoms with Crippen LogP contribution in [0.25, 0.3) is 0 Å². The lowest BCUT2D eigenvalue weighted by molar-refractivity contribution is -0.143. The van der Waals surface area contributed by atoms with E-state index in [4.69, 9.17) is 4.74 Å². The number of hydrogen-bond donors (Lipinski definition) is 1. The van der Waals surface area contributed by atoms with Crippen LogP contribution < -0.4 is 10.2 Å². The molecule has 0 aromatic heterocycles. The highest BCUT2D eigenvalue weighted by atomic mass is 16.5. The molecular formula is C18H24N2O4. The predicted molar refractivity (Wildman–Crippen MR) is 90.5 cm³/mol. The van der Waals surface area contributed by atoms with Crippen molar-refractivity contribution in [3.8, 4) is 0 Å². The van der Waals surface area contributed by atoms with Crippen LogP contribution in [0.5, 0.6) is 0 Å². The van der Waals surface area contributed by atoms with E-state index < -0.39 is 12.0 Å². The maximum atomic E-state index is 12.6. The molecule has 1 aliphatic heterocycles. The number of nitrogens with zero attached hydrogens (tertiary/aromatic N) is 1. The first-order chi connectivity index (χ1) is 11.2. The summed E-state index contributed by atoms with van der Waals surface area (Å²) in [5.74, 6) is -0.962. The van der Waals surface area contributed by atoms with Crippen LogP contribution in [0.1, 0.15) is 32.8 Å². The Hall–Kier alpha value is -2.37. The van der Waals surface area contributed by atoms with Crippen LogP contribution in [0.2, 0.25) is 0 Å². The molecule has 0 aliphatic carbocycles. The first-order valence-electron chi connectivity index (χ1n) is 7.97. The number of ether oxygens (including phenoxy) is 1. The molecule has 130 valence electrons. The molecule has 0 saturated carbocycles. The summed E-state index contributed by atoms with van der Waals surface area (Å²) in [6, 6.07) is 6.69. The van der Waals surface area contributed by atoms with Gasteiger partial charge < -0.3 is 10.1 Å². The van der Waals surface area contributed by atoms with Crippen molar-refractivity contribution in [1.29, 1.82) is 0 Å². The standard InChI is InChI=1S/C18H24N2O4/c1-18(2,3)10-15(21)19-11-16(22)20-13-8-6-5-7-12(13)9-14(20)17(23)24-4/h5-8,14H,9-11H2,1-4H3,(H,19,21)/t14-/m1/s1. The molecule has 1 atom stereocenters. The maximum absolute atomic E-state index is 12.6. The van der Waals surface area contributed by atoms with Crippen LogP contribution in [0, 0.1) is 5.41 Å². The molecule has 0 fully saturated rings. The third-order valence-corrected chi connectivity index (χ3v) is 3.85. The van der Waals surface area contributed by atoms with Crippen molar-refractivity contribution < 1.29 is 19.1 Å². The molecule has 6 nitrogen and oxygen atoms in total. The molecule has 0 saturated heterocycles. The fraction of sp³-hybridized carbons (Fsp3) is 0.500. The Bertz CT molecular complexity index is 649. The summed E-state index contributed by atoms with van der Waals surface area (Å²) in [5, 5.41) is 2.64. The number of hydrogen-bond acceptors (Lipinski definition) is 4. The Labute approximate surface area is 142 Å². The van der Waals surface area contributed by atoms with E-state index in [2.05, 4.69) is 5.32 Å². The summed E-state index contributed by atoms with van der Waals surface area (Å²) >= 11 is 0. The van der Waals surface area contributed by atoms with E-state index in [0.717, 1.165) is 5.56 Å². The fourth-order valence-corrected chi connectivity index (χ4v) is 2.82. The molecule has 24 heavy (non-hydrogen) atoms. The second-order valence-electron chi connectivity index (χ2n) is 7.15. The highest BCUT2D eigenvalue weighted by Gasteiger charge is 2.38. The molecule has 1 aliphatic rings. The second kappa shape index (κ2) is 7.03. The number of fused-ring (bicyclic) bond motifs is 1. The van der Waals surface area contributed by atoms with E-state index in [1.807, 2.05) is 39.0 Å². The number of methoxy groups -OCH3 is 1. The van der Waals surface area contributed by atoms with Gasteiger partial charge >= 0.3 is 5.97 Å². The first-order valence-corrected chi connectivity index (χ1v) is 7.97. The van der Waals surface area contributed by atoms with E-state index >= 15 is 0 Å². The van der Waals surface area contributed by atoms with Gasteiger partial charge in [-0.3, -0.25) is 14.5 Å². The van der Waals surface area contributed by atoms with Gasteiger partial charge in [-0.2, -0.15) is 0 Å². The van der Waals surface area contributed by atoms with Crippen molar-refractivity contribution in [3.63, 3.8) is 0 Å². The number of para-hydroxylation sites is 1. The number of anilines is 1. The smallest absolute Gasteiger partial charge is 0.329 e. The van der Waals surface area contributed by atoms with Crippen LogP contribution in [-0.4, -0.2) is 37.5 Å². The van der Waals surface area contributed by atoms with Gasteiger partial charge in [0.2, 0.25) is 11.8 Å². The summed E-state index contributed by atoms with van der Waals surface area (Å²) in [5.41, 5.74) is 1.47. The molecule has 2 rings (SSSR count). The number of rotatable bonds is 4. The molecular weight excluding hydrogens is 308 g/mol. The minimum Gasteiger partial charge on any atom is -0.467 e. The minimum atomic E-state index is -0.681. The Morgan fingerprint density at radius 2 is 1.92 bits per heavy atom. The van der Waals surface area contributed by atoms with E-state index in [-0.39, 0.29) is 23.8 Å². The minimum absolute atomic E-state index is 0.142. The molecule has 0 unspecified atom stereocenters. The molecule has 0 spiro atoms. The molecule has 1 aromatic carbocycles. The Morgan fingerprint density at radius 3 is 2.54 bits per heavy atom.